The highest BCUT2D eigenvalue weighted by Crippen LogP contribution is 2.18. The maximum atomic E-state index is 12.3. The van der Waals surface area contributed by atoms with Crippen molar-refractivity contribution in [2.24, 2.45) is 5.73 Å². The Kier molecular flexibility index (Phi) is 5.47. The number of aromatic hydroxyl groups is 1. The molecule has 0 bridgehead atoms. The van der Waals surface area contributed by atoms with Gasteiger partial charge in [0.25, 0.3) is 5.91 Å². The van der Waals surface area contributed by atoms with Crippen LogP contribution < -0.4 is 11.1 Å². The van der Waals surface area contributed by atoms with Crippen LogP contribution in [0, 0.1) is 0 Å². The molecular formula is C21H19N3O3. The Morgan fingerprint density at radius 1 is 0.963 bits per heavy atom. The van der Waals surface area contributed by atoms with Crippen LogP contribution >= 0.6 is 0 Å². The number of hydrogen-bond donors (Lipinski definition) is 3. The molecule has 136 valence electrons. The normalized spacial score (nSPS) is 10.4. The van der Waals surface area contributed by atoms with E-state index in [-0.39, 0.29) is 11.7 Å². The smallest absolute Gasteiger partial charge is 0.269 e. The van der Waals surface area contributed by atoms with E-state index in [2.05, 4.69) is 10.3 Å². The third kappa shape index (κ3) is 4.70. The van der Waals surface area contributed by atoms with Gasteiger partial charge >= 0.3 is 0 Å². The van der Waals surface area contributed by atoms with Gasteiger partial charge in [0.15, 0.2) is 0 Å². The van der Waals surface area contributed by atoms with Crippen molar-refractivity contribution in [3.63, 3.8) is 0 Å². The van der Waals surface area contributed by atoms with Crippen molar-refractivity contribution >= 4 is 11.8 Å². The molecule has 4 N–H and O–H groups in total. The van der Waals surface area contributed by atoms with Gasteiger partial charge < -0.3 is 16.2 Å². The fraction of sp³-hybridized carbons (Fsp3) is 0.0952. The number of rotatable bonds is 6. The molecule has 0 saturated carbocycles. The van der Waals surface area contributed by atoms with E-state index in [0.29, 0.717) is 29.9 Å². The van der Waals surface area contributed by atoms with Crippen LogP contribution in [0.2, 0.25) is 0 Å². The molecule has 27 heavy (non-hydrogen) atoms. The molecule has 3 aromatic rings. The summed E-state index contributed by atoms with van der Waals surface area (Å²) in [5.74, 6) is -0.534. The lowest BCUT2D eigenvalue weighted by molar-refractivity contribution is 0.0948. The minimum Gasteiger partial charge on any atom is -0.508 e. The Balaban J connectivity index is 1.64. The Bertz CT molecular complexity index is 951. The molecule has 0 spiro atoms. The van der Waals surface area contributed by atoms with Crippen molar-refractivity contribution in [1.82, 2.24) is 10.3 Å². The van der Waals surface area contributed by atoms with E-state index >= 15 is 0 Å². The van der Waals surface area contributed by atoms with Gasteiger partial charge in [-0.05, 0) is 48.4 Å². The number of pyridine rings is 1. The number of nitrogens with zero attached hydrogens (tertiary/aromatic N) is 1. The zero-order valence-corrected chi connectivity index (χ0v) is 14.6. The van der Waals surface area contributed by atoms with Gasteiger partial charge in [-0.2, -0.15) is 0 Å². The molecule has 1 heterocycles. The van der Waals surface area contributed by atoms with Gasteiger partial charge in [-0.25, -0.2) is 4.98 Å². The topological polar surface area (TPSA) is 105 Å². The number of primary amides is 1. The van der Waals surface area contributed by atoms with E-state index in [1.54, 1.807) is 54.6 Å². The number of nitrogens with one attached hydrogen (secondary N) is 1. The second-order valence-corrected chi connectivity index (χ2v) is 6.02. The Morgan fingerprint density at radius 3 is 2.33 bits per heavy atom. The highest BCUT2D eigenvalue weighted by Gasteiger charge is 2.09. The predicted molar refractivity (Wildman–Crippen MR) is 102 cm³/mol. The van der Waals surface area contributed by atoms with Gasteiger partial charge in [0, 0.05) is 17.7 Å². The largest absolute Gasteiger partial charge is 0.508 e. The van der Waals surface area contributed by atoms with E-state index in [9.17, 15) is 14.7 Å². The van der Waals surface area contributed by atoms with Crippen LogP contribution in [-0.4, -0.2) is 28.4 Å². The van der Waals surface area contributed by atoms with Crippen LogP contribution in [0.4, 0.5) is 0 Å². The van der Waals surface area contributed by atoms with Crippen molar-refractivity contribution in [2.45, 2.75) is 6.42 Å². The number of phenolic OH excluding ortho intramolecular Hbond substituents is 1. The summed E-state index contributed by atoms with van der Waals surface area (Å²) in [4.78, 5) is 27.9. The fourth-order valence-electron chi connectivity index (χ4n) is 2.60. The number of amides is 2. The van der Waals surface area contributed by atoms with Crippen LogP contribution in [0.1, 0.15) is 26.4 Å². The zero-order valence-electron chi connectivity index (χ0n) is 14.6. The Hall–Kier alpha value is -3.67. The number of hydrogen-bond acceptors (Lipinski definition) is 4. The summed E-state index contributed by atoms with van der Waals surface area (Å²) in [6.07, 6.45) is 0.653. The molecule has 6 nitrogen and oxygen atoms in total. The highest BCUT2D eigenvalue weighted by atomic mass is 16.3. The van der Waals surface area contributed by atoms with E-state index < -0.39 is 5.91 Å². The van der Waals surface area contributed by atoms with Crippen molar-refractivity contribution in [2.75, 3.05) is 6.54 Å². The second kappa shape index (κ2) is 8.14. The second-order valence-electron chi connectivity index (χ2n) is 6.02. The summed E-state index contributed by atoms with van der Waals surface area (Å²) in [5, 5.41) is 12.1. The lowest BCUT2D eigenvalue weighted by Gasteiger charge is -2.07. The van der Waals surface area contributed by atoms with E-state index in [1.807, 2.05) is 12.1 Å². The molecule has 6 heteroatoms. The molecule has 3 rings (SSSR count). The van der Waals surface area contributed by atoms with Crippen LogP contribution in [0.3, 0.4) is 0 Å². The van der Waals surface area contributed by atoms with Gasteiger partial charge in [0.1, 0.15) is 11.4 Å². The number of carbonyl (C=O) groups excluding carboxylic acids is 2. The first-order valence-electron chi connectivity index (χ1n) is 8.46. The van der Waals surface area contributed by atoms with Crippen molar-refractivity contribution in [1.29, 1.82) is 0 Å². The standard InChI is InChI=1S/C21H19N3O3/c22-20(26)16-8-6-15(7-9-16)18-2-1-3-19(24-18)21(27)23-13-12-14-4-10-17(25)11-5-14/h1-11,25H,12-13H2,(H2,22,26)(H,23,27). The quantitative estimate of drug-likeness (QED) is 0.627. The molecule has 0 radical (unpaired) electrons. The number of benzene rings is 2. The number of aromatic nitrogens is 1. The summed E-state index contributed by atoms with van der Waals surface area (Å²) in [7, 11) is 0. The van der Waals surface area contributed by atoms with Crippen LogP contribution in [0.25, 0.3) is 11.3 Å². The fourth-order valence-corrected chi connectivity index (χ4v) is 2.60. The van der Waals surface area contributed by atoms with Crippen molar-refractivity contribution in [3.05, 3.63) is 83.6 Å². The van der Waals surface area contributed by atoms with E-state index in [4.69, 9.17) is 5.73 Å². The third-order valence-electron chi connectivity index (χ3n) is 4.08. The number of carbonyl (C=O) groups is 2. The Morgan fingerprint density at radius 2 is 1.67 bits per heavy atom. The first-order chi connectivity index (χ1) is 13.0. The highest BCUT2D eigenvalue weighted by molar-refractivity contribution is 5.94. The summed E-state index contributed by atoms with van der Waals surface area (Å²) in [6, 6.07) is 18.8. The summed E-state index contributed by atoms with van der Waals surface area (Å²) in [5.41, 5.74) is 8.42. The molecule has 0 aliphatic rings. The molecule has 0 fully saturated rings. The molecule has 0 saturated heterocycles. The molecular weight excluding hydrogens is 342 g/mol. The molecule has 0 aliphatic carbocycles. The molecule has 2 amide bonds. The average Bonchev–Trinajstić information content (AvgIpc) is 2.69. The van der Waals surface area contributed by atoms with Gasteiger partial charge in [0.05, 0.1) is 5.69 Å². The van der Waals surface area contributed by atoms with Gasteiger partial charge in [-0.15, -0.1) is 0 Å². The number of phenols is 1. The van der Waals surface area contributed by atoms with E-state index in [0.717, 1.165) is 11.1 Å². The van der Waals surface area contributed by atoms with Crippen molar-refractivity contribution in [3.8, 4) is 17.0 Å². The maximum Gasteiger partial charge on any atom is 0.269 e. The summed E-state index contributed by atoms with van der Waals surface area (Å²) >= 11 is 0. The minimum absolute atomic E-state index is 0.215. The average molecular weight is 361 g/mol. The first kappa shape index (κ1) is 18.1. The molecule has 0 aliphatic heterocycles. The monoisotopic (exact) mass is 361 g/mol. The van der Waals surface area contributed by atoms with Gasteiger partial charge in [-0.3, -0.25) is 9.59 Å². The van der Waals surface area contributed by atoms with Crippen LogP contribution in [0.15, 0.2) is 66.7 Å². The number of nitrogens with two attached hydrogens (primary N) is 1. The Labute approximate surface area is 156 Å². The third-order valence-corrected chi connectivity index (χ3v) is 4.08. The molecule has 2 aromatic carbocycles. The SMILES string of the molecule is NC(=O)c1ccc(-c2cccc(C(=O)NCCc3ccc(O)cc3)n2)cc1. The summed E-state index contributed by atoms with van der Waals surface area (Å²) < 4.78 is 0. The van der Waals surface area contributed by atoms with Crippen LogP contribution in [0.5, 0.6) is 5.75 Å². The van der Waals surface area contributed by atoms with Gasteiger partial charge in [-0.1, -0.05) is 30.3 Å². The summed E-state index contributed by atoms with van der Waals surface area (Å²) in [6.45, 7) is 0.461. The zero-order chi connectivity index (χ0) is 19.2. The minimum atomic E-state index is -0.490. The van der Waals surface area contributed by atoms with Crippen LogP contribution in [-0.2, 0) is 6.42 Å². The predicted octanol–water partition coefficient (Wildman–Crippen LogP) is 2.53. The molecule has 1 aromatic heterocycles. The maximum absolute atomic E-state index is 12.3. The van der Waals surface area contributed by atoms with E-state index in [1.165, 1.54) is 0 Å². The van der Waals surface area contributed by atoms with Crippen molar-refractivity contribution < 1.29 is 14.7 Å². The molecule has 0 atom stereocenters. The lowest BCUT2D eigenvalue weighted by Crippen LogP contribution is -2.26. The molecule has 0 unspecified atom stereocenters. The first-order valence-corrected chi connectivity index (χ1v) is 8.46. The lowest BCUT2D eigenvalue weighted by atomic mass is 10.1. The van der Waals surface area contributed by atoms with Gasteiger partial charge in [0.2, 0.25) is 5.91 Å².